The van der Waals surface area contributed by atoms with E-state index in [1.807, 2.05) is 5.09 Å². The lowest BCUT2D eigenvalue weighted by molar-refractivity contribution is -0.142. The number of benzene rings is 4. The number of carboxylic acid groups (broad SMARTS) is 6. The highest BCUT2D eigenvalue weighted by Gasteiger charge is 2.40. The zero-order valence-corrected chi connectivity index (χ0v) is 72.1. The Morgan fingerprint density at radius 3 is 1.63 bits per heavy atom. The van der Waals surface area contributed by atoms with Gasteiger partial charge in [0, 0.05) is 121 Å². The van der Waals surface area contributed by atoms with E-state index in [1.54, 1.807) is 76.8 Å². The van der Waals surface area contributed by atoms with Gasteiger partial charge in [0.15, 0.2) is 5.75 Å². The van der Waals surface area contributed by atoms with Crippen LogP contribution in [0.2, 0.25) is 0 Å². The minimum Gasteiger partial charge on any atom is -0.505 e. The van der Waals surface area contributed by atoms with Crippen LogP contribution in [0.25, 0.3) is 21.9 Å². The summed E-state index contributed by atoms with van der Waals surface area (Å²) < 4.78 is 85.6. The molecule has 4 aromatic carbocycles. The molecule has 2 saturated heterocycles. The standard InChI is InChI=1S/C76H106N15O30PS3/c1-45-36-48(49-14-17-52(46(2)37-49)84-85-53-18-15-50-58(124(115,116)117)39-59(125(118,119)120)71(77)70(50)72(53)106)13-16-51(45)83-73(107)54(81-63(95)40-87-27-29-88(41-67(100)101)31-33-90(43-69(104)105)34-32-89(30-28-87)42-68(102)103)11-6-8-25-78-60(92)23-26-91-65(97)38-57(74(91)108)123-44-64(96)79-24-7-4-5-12-61(93)82-55(75(109)110)19-21-62(94)80-47(3)10-9-35-121-122(113,114)86-56(76(111)112)20-22-66(98)99/h13-18,36-37,39,47,54-57,106H,4-12,19-35,38,40-44,77H2,1-3H3,(H,78,92)(H,79,96)(H,80,94)(H,81,95)(H,82,93)(H,83,107)(H,98,99)(H,100,101)(H,102,103)(H,104,105)(H,109,110)(H,111,112)(H2,86,113,114)(H,115,116,117)(H,118,119,120)/t47-,54-,55?,56?,57?/m1/s1. The number of phenols is 1. The number of unbranched alkanes of at least 4 members (excludes halogenated alkanes) is 3. The lowest BCUT2D eigenvalue weighted by Gasteiger charge is -2.33. The Bertz CT molecular complexity index is 4900. The molecule has 125 heavy (non-hydrogen) atoms. The number of amides is 8. The van der Waals surface area contributed by atoms with E-state index >= 15 is 0 Å². The van der Waals surface area contributed by atoms with Gasteiger partial charge < -0.3 is 78.3 Å². The predicted octanol–water partition coefficient (Wildman–Crippen LogP) is 2.09. The molecule has 0 aliphatic carbocycles. The Morgan fingerprint density at radius 2 is 1.08 bits per heavy atom. The largest absolute Gasteiger partial charge is 0.505 e. The lowest BCUT2D eigenvalue weighted by Crippen LogP contribution is -2.51. The number of imide groups is 1. The quantitative estimate of drug-likeness (QED) is 0.00751. The number of carbonyl (C=O) groups excluding carboxylic acids is 8. The number of nitrogen functional groups attached to an aromatic ring is 1. The molecule has 2 fully saturated rings. The van der Waals surface area contributed by atoms with E-state index in [0.717, 1.165) is 28.8 Å². The SMILES string of the molecule is Cc1cc(-c2ccc(NC(=O)[C@@H](CCCCNC(=O)CCN3C(=O)CC(SCC(=O)NCCCCCC(=O)NC(CCC(=O)N[C@H](C)CCCOP(=O)(O)NC(CCC(=O)O)C(=O)O)C(=O)O)C3=O)NC(=O)CN3CCN(CC(=O)O)CCN(CC(=O)O)CCN(CC(=O)O)CC3)c(C)c2)ccc1N=Nc1ccc2c(S(=O)(=O)O)cc(S(=O)(=O)O)c(N)c2c1O. The molecule has 49 heteroatoms. The molecule has 0 aromatic heterocycles. The smallest absolute Gasteiger partial charge is 0.403 e. The Hall–Kier alpha value is -10.8. The number of azo groups is 1. The van der Waals surface area contributed by atoms with Crippen LogP contribution in [0.15, 0.2) is 74.6 Å². The Kier molecular flexibility index (Phi) is 40.6. The first-order valence-electron chi connectivity index (χ1n) is 39.6. The second-order valence-corrected chi connectivity index (χ2v) is 35.3. The highest BCUT2D eigenvalue weighted by molar-refractivity contribution is 8.01. The first kappa shape index (κ1) is 103. The highest BCUT2D eigenvalue weighted by atomic mass is 32.2. The van der Waals surface area contributed by atoms with E-state index in [-0.39, 0.29) is 178 Å². The number of aromatic hydroxyl groups is 1. The Labute approximate surface area is 722 Å². The van der Waals surface area contributed by atoms with Crippen molar-refractivity contribution >= 4 is 156 Å². The third-order valence-electron chi connectivity index (χ3n) is 19.9. The Morgan fingerprint density at radius 1 is 0.560 bits per heavy atom. The molecule has 0 spiro atoms. The number of hydrogen-bond donors (Lipinski definition) is 18. The number of nitrogens with zero attached hydrogens (tertiary/aromatic N) is 7. The molecule has 2 heterocycles. The zero-order valence-electron chi connectivity index (χ0n) is 68.7. The van der Waals surface area contributed by atoms with Gasteiger partial charge in [-0.2, -0.15) is 21.9 Å². The van der Waals surface area contributed by atoms with Crippen LogP contribution < -0.4 is 42.7 Å². The number of nitrogens with one attached hydrogen (secondary N) is 7. The minimum atomic E-state index is -5.17. The summed E-state index contributed by atoms with van der Waals surface area (Å²) in [6.07, 6.45) is -0.186. The van der Waals surface area contributed by atoms with Crippen LogP contribution in [0.4, 0.5) is 22.7 Å². The number of nitrogens with two attached hydrogens (primary N) is 1. The molecule has 0 saturated carbocycles. The normalized spacial score (nSPS) is 16.3. The molecule has 0 bridgehead atoms. The van der Waals surface area contributed by atoms with E-state index in [9.17, 15) is 133 Å². The van der Waals surface area contributed by atoms with Gasteiger partial charge >= 0.3 is 43.6 Å². The summed E-state index contributed by atoms with van der Waals surface area (Å²) in [4.78, 5) is 191. The summed E-state index contributed by atoms with van der Waals surface area (Å²) in [5, 5.41) is 92.6. The monoisotopic (exact) mass is 1840 g/mol. The van der Waals surface area contributed by atoms with Crippen molar-refractivity contribution in [3.63, 3.8) is 0 Å². The third-order valence-corrected chi connectivity index (χ3v) is 24.1. The van der Waals surface area contributed by atoms with Crippen LogP contribution in [0.3, 0.4) is 0 Å². The number of anilines is 2. The molecule has 0 radical (unpaired) electrons. The molecule has 45 nitrogen and oxygen atoms in total. The van der Waals surface area contributed by atoms with Crippen molar-refractivity contribution in [2.24, 2.45) is 10.2 Å². The van der Waals surface area contributed by atoms with Gasteiger partial charge in [-0.25, -0.2) is 14.4 Å². The van der Waals surface area contributed by atoms with Gasteiger partial charge in [-0.15, -0.1) is 16.9 Å². The molecular weight excluding hydrogens is 1730 g/mol. The number of carbonyl (C=O) groups is 14. The average molecular weight is 1840 g/mol. The van der Waals surface area contributed by atoms with Crippen LogP contribution in [0.5, 0.6) is 5.75 Å². The maximum Gasteiger partial charge on any atom is 0.403 e. The number of carboxylic acids is 6. The second kappa shape index (κ2) is 49.2. The molecule has 4 aromatic rings. The molecule has 6 rings (SSSR count). The van der Waals surface area contributed by atoms with E-state index in [2.05, 4.69) is 42.1 Å². The molecule has 2 aliphatic rings. The molecule has 19 N–H and O–H groups in total. The van der Waals surface area contributed by atoms with E-state index in [4.69, 9.17) is 15.4 Å². The van der Waals surface area contributed by atoms with Crippen LogP contribution in [0.1, 0.15) is 114 Å². The maximum absolute atomic E-state index is 14.5. The number of aryl methyl sites for hydroxylation is 2. The fourth-order valence-electron chi connectivity index (χ4n) is 13.3. The van der Waals surface area contributed by atoms with Gasteiger partial charge in [0.2, 0.25) is 47.3 Å². The number of rotatable bonds is 50. The number of hydrogen-bond acceptors (Lipinski definition) is 29. The third kappa shape index (κ3) is 35.3. The van der Waals surface area contributed by atoms with Crippen molar-refractivity contribution in [3.8, 4) is 16.9 Å². The van der Waals surface area contributed by atoms with E-state index < -0.39 is 193 Å². The summed E-state index contributed by atoms with van der Waals surface area (Å²) in [6, 6.07) is 8.00. The molecule has 8 amide bonds. The fraction of sp³-hybridized carbons (Fsp3) is 0.526. The van der Waals surface area contributed by atoms with Gasteiger partial charge in [0.1, 0.15) is 33.6 Å². The van der Waals surface area contributed by atoms with E-state index in [1.165, 1.54) is 0 Å². The molecule has 2 aliphatic heterocycles. The molecule has 6 atom stereocenters. The van der Waals surface area contributed by atoms with Gasteiger partial charge in [-0.05, 0) is 137 Å². The zero-order chi connectivity index (χ0) is 92.6. The summed E-state index contributed by atoms with van der Waals surface area (Å²) in [5.74, 6) is -13.3. The van der Waals surface area contributed by atoms with Gasteiger partial charge in [0.25, 0.3) is 20.2 Å². The number of fused-ring (bicyclic) bond motifs is 1. The number of aliphatic carboxylic acids is 6. The van der Waals surface area contributed by atoms with Gasteiger partial charge in [-0.3, -0.25) is 100 Å². The summed E-state index contributed by atoms with van der Waals surface area (Å²) >= 11 is 0.937. The van der Waals surface area contributed by atoms with Crippen LogP contribution >= 0.6 is 19.5 Å². The average Bonchev–Trinajstić information content (AvgIpc) is 1.29. The van der Waals surface area contributed by atoms with E-state index in [0.29, 0.717) is 53.3 Å². The Balaban J connectivity index is 0.988. The molecular formula is C76H106N15O30PS3. The van der Waals surface area contributed by atoms with Gasteiger partial charge in [-0.1, -0.05) is 24.6 Å². The van der Waals surface area contributed by atoms with Crippen molar-refractivity contribution in [1.29, 1.82) is 0 Å². The first-order valence-corrected chi connectivity index (χ1v) is 45.1. The van der Waals surface area contributed by atoms with Crippen molar-refractivity contribution < 1.29 is 143 Å². The summed E-state index contributed by atoms with van der Waals surface area (Å²) in [7, 11) is -14.9. The van der Waals surface area contributed by atoms with Crippen LogP contribution in [-0.2, 0) is 96.4 Å². The van der Waals surface area contributed by atoms with Gasteiger partial charge in [0.05, 0.1) is 60.5 Å². The minimum absolute atomic E-state index is 0.0108. The van der Waals surface area contributed by atoms with Crippen molar-refractivity contribution in [2.45, 2.75) is 156 Å². The number of phenolic OH excluding ortho intramolecular Hbond substituents is 1. The molecule has 688 valence electrons. The van der Waals surface area contributed by atoms with Crippen molar-refractivity contribution in [3.05, 3.63) is 65.7 Å². The lowest BCUT2D eigenvalue weighted by atomic mass is 10.00. The maximum atomic E-state index is 14.5. The topological polar surface area (TPSA) is 687 Å². The second-order valence-electron chi connectivity index (χ2n) is 29.8. The highest BCUT2D eigenvalue weighted by Crippen LogP contribution is 2.44. The van der Waals surface area contributed by atoms with Crippen LogP contribution in [-0.4, -0.2) is 314 Å². The first-order chi connectivity index (χ1) is 58.8. The van der Waals surface area contributed by atoms with Crippen molar-refractivity contribution in [1.82, 2.24) is 56.2 Å². The van der Waals surface area contributed by atoms with Crippen molar-refractivity contribution in [2.75, 3.05) is 122 Å². The van der Waals surface area contributed by atoms with Crippen LogP contribution in [0, 0.1) is 13.8 Å². The fourth-order valence-corrected chi connectivity index (χ4v) is 16.8. The number of likely N-dealkylation sites (tertiary alicyclic amines) is 1. The summed E-state index contributed by atoms with van der Waals surface area (Å²) in [5.41, 5.74) is 8.01. The predicted molar refractivity (Wildman–Crippen MR) is 448 cm³/mol. The molecule has 4 unspecified atom stereocenters. The number of thioether (sulfide) groups is 1. The summed E-state index contributed by atoms with van der Waals surface area (Å²) in [6.45, 7) is 3.96.